The fourth-order valence-corrected chi connectivity index (χ4v) is 4.97. The van der Waals surface area contributed by atoms with Crippen molar-refractivity contribution in [3.8, 4) is 0 Å². The Kier molecular flexibility index (Phi) is 3.51. The number of nitrogens with zero attached hydrogens (tertiary/aromatic N) is 1. The number of ether oxygens (including phenoxy) is 1. The van der Waals surface area contributed by atoms with Crippen molar-refractivity contribution in [1.82, 2.24) is 0 Å². The molecule has 1 saturated carbocycles. The van der Waals surface area contributed by atoms with Crippen LogP contribution in [0.25, 0.3) is 0 Å². The highest BCUT2D eigenvalue weighted by molar-refractivity contribution is 6.07. The molecule has 6 nitrogen and oxygen atoms in total. The summed E-state index contributed by atoms with van der Waals surface area (Å²) >= 11 is 0. The predicted octanol–water partition coefficient (Wildman–Crippen LogP) is 1.48. The van der Waals surface area contributed by atoms with Crippen molar-refractivity contribution in [1.29, 1.82) is 0 Å². The van der Waals surface area contributed by atoms with Crippen molar-refractivity contribution < 1.29 is 24.2 Å². The minimum Gasteiger partial charge on any atom is -0.466 e. The van der Waals surface area contributed by atoms with Crippen LogP contribution in [0.3, 0.4) is 0 Å². The SMILES string of the molecule is CCOC(=O)C[C@]12C(=O)CC[C@]3(O)CCC(=O)N(c4ccccc41)[C@@H]32. The summed E-state index contributed by atoms with van der Waals surface area (Å²) in [6.07, 6.45) is 0.929. The van der Waals surface area contributed by atoms with Crippen molar-refractivity contribution in [2.45, 2.75) is 56.1 Å². The highest BCUT2D eigenvalue weighted by Crippen LogP contribution is 2.58. The summed E-state index contributed by atoms with van der Waals surface area (Å²) in [5.41, 5.74) is -1.08. The first-order valence-corrected chi connectivity index (χ1v) is 8.77. The average molecular weight is 343 g/mol. The number of fused-ring (bicyclic) bond motifs is 3. The Morgan fingerprint density at radius 3 is 2.76 bits per heavy atom. The molecule has 2 heterocycles. The molecule has 2 aliphatic heterocycles. The lowest BCUT2D eigenvalue weighted by Gasteiger charge is -2.52. The quantitative estimate of drug-likeness (QED) is 0.841. The maximum atomic E-state index is 13.1. The molecule has 1 aromatic carbocycles. The Labute approximate surface area is 145 Å². The van der Waals surface area contributed by atoms with Crippen LogP contribution in [0.2, 0.25) is 0 Å². The first-order valence-electron chi connectivity index (χ1n) is 8.77. The number of amides is 1. The van der Waals surface area contributed by atoms with Crippen LogP contribution in [-0.2, 0) is 24.5 Å². The number of hydrogen-bond donors (Lipinski definition) is 1. The second-order valence-corrected chi connectivity index (χ2v) is 7.16. The van der Waals surface area contributed by atoms with Crippen molar-refractivity contribution in [3.63, 3.8) is 0 Å². The van der Waals surface area contributed by atoms with Gasteiger partial charge in [0.1, 0.15) is 5.78 Å². The maximum Gasteiger partial charge on any atom is 0.307 e. The minimum atomic E-state index is -1.22. The molecular weight excluding hydrogens is 322 g/mol. The standard InChI is InChI=1S/C19H21NO5/c1-2-25-16(23)11-19-12-5-3-4-6-13(12)20-15(22)8-10-18(24,17(19)20)9-7-14(19)21/h3-6,17,24H,2,7-11H2,1H3/t17-,18-,19+/m0/s1. The number of hydrogen-bond acceptors (Lipinski definition) is 5. The van der Waals surface area contributed by atoms with Gasteiger partial charge in [-0.1, -0.05) is 18.2 Å². The summed E-state index contributed by atoms with van der Waals surface area (Å²) in [5.74, 6) is -0.683. The number of carbonyl (C=O) groups is 3. The second-order valence-electron chi connectivity index (χ2n) is 7.16. The van der Waals surface area contributed by atoms with Gasteiger partial charge in [0, 0.05) is 18.5 Å². The fourth-order valence-electron chi connectivity index (χ4n) is 4.97. The van der Waals surface area contributed by atoms with Gasteiger partial charge in [-0.25, -0.2) is 0 Å². The van der Waals surface area contributed by atoms with Crippen molar-refractivity contribution >= 4 is 23.3 Å². The van der Waals surface area contributed by atoms with Crippen LogP contribution < -0.4 is 4.90 Å². The van der Waals surface area contributed by atoms with Gasteiger partial charge >= 0.3 is 5.97 Å². The largest absolute Gasteiger partial charge is 0.466 e. The third kappa shape index (κ3) is 2.03. The number of Topliss-reactive ketones (excluding diaryl/α,β-unsaturated/α-hetero) is 1. The smallest absolute Gasteiger partial charge is 0.307 e. The number of piperidine rings is 1. The lowest BCUT2D eigenvalue weighted by Crippen LogP contribution is -2.69. The number of rotatable bonds is 3. The Morgan fingerprint density at radius 1 is 1.28 bits per heavy atom. The summed E-state index contributed by atoms with van der Waals surface area (Å²) in [5, 5.41) is 11.3. The van der Waals surface area contributed by atoms with Gasteiger partial charge in [-0.15, -0.1) is 0 Å². The number of carbonyl (C=O) groups excluding carboxylic acids is 3. The summed E-state index contributed by atoms with van der Waals surface area (Å²) in [4.78, 5) is 39.7. The molecular formula is C19H21NO5. The third-order valence-electron chi connectivity index (χ3n) is 5.93. The zero-order valence-corrected chi connectivity index (χ0v) is 14.2. The Bertz CT molecular complexity index is 771. The molecule has 0 radical (unpaired) electrons. The maximum absolute atomic E-state index is 13.1. The first kappa shape index (κ1) is 16.3. The molecule has 4 rings (SSSR count). The summed E-state index contributed by atoms with van der Waals surface area (Å²) in [6.45, 7) is 1.94. The number of benzene rings is 1. The molecule has 2 fully saturated rings. The van der Waals surface area contributed by atoms with Crippen molar-refractivity contribution in [2.24, 2.45) is 0 Å². The Morgan fingerprint density at radius 2 is 2.00 bits per heavy atom. The van der Waals surface area contributed by atoms with Gasteiger partial charge in [-0.3, -0.25) is 14.4 Å². The fraction of sp³-hybridized carbons (Fsp3) is 0.526. The molecule has 25 heavy (non-hydrogen) atoms. The van der Waals surface area contributed by atoms with Crippen LogP contribution >= 0.6 is 0 Å². The van der Waals surface area contributed by atoms with Crippen LogP contribution in [0.4, 0.5) is 5.69 Å². The number of aliphatic hydroxyl groups is 1. The molecule has 0 unspecified atom stereocenters. The monoisotopic (exact) mass is 343 g/mol. The van der Waals surface area contributed by atoms with Crippen LogP contribution in [0, 0.1) is 0 Å². The highest BCUT2D eigenvalue weighted by Gasteiger charge is 2.68. The van der Waals surface area contributed by atoms with Gasteiger partial charge in [0.05, 0.1) is 30.1 Å². The van der Waals surface area contributed by atoms with E-state index < -0.39 is 23.0 Å². The zero-order chi connectivity index (χ0) is 17.8. The molecule has 1 amide bonds. The van der Waals surface area contributed by atoms with Gasteiger partial charge in [0.25, 0.3) is 0 Å². The number of para-hydroxylation sites is 1. The summed E-state index contributed by atoms with van der Waals surface area (Å²) in [7, 11) is 0. The van der Waals surface area contributed by atoms with E-state index in [1.165, 1.54) is 0 Å². The summed E-state index contributed by atoms with van der Waals surface area (Å²) < 4.78 is 5.12. The second kappa shape index (κ2) is 5.39. The molecule has 0 spiro atoms. The van der Waals surface area contributed by atoms with Crippen LogP contribution in [0.15, 0.2) is 24.3 Å². The van der Waals surface area contributed by atoms with E-state index in [9.17, 15) is 19.5 Å². The van der Waals surface area contributed by atoms with E-state index >= 15 is 0 Å². The zero-order valence-electron chi connectivity index (χ0n) is 14.2. The van der Waals surface area contributed by atoms with Gasteiger partial charge in [0.2, 0.25) is 5.91 Å². The first-order chi connectivity index (χ1) is 11.9. The molecule has 6 heteroatoms. The average Bonchev–Trinajstić information content (AvgIpc) is 2.90. The van der Waals surface area contributed by atoms with Crippen LogP contribution in [0.1, 0.15) is 44.6 Å². The van der Waals surface area contributed by atoms with E-state index in [0.717, 1.165) is 0 Å². The number of anilines is 1. The normalized spacial score (nSPS) is 33.0. The minimum absolute atomic E-state index is 0.0973. The van der Waals surface area contributed by atoms with E-state index in [1.54, 1.807) is 36.1 Å². The van der Waals surface area contributed by atoms with Gasteiger partial charge in [0.15, 0.2) is 0 Å². The predicted molar refractivity (Wildman–Crippen MR) is 89.1 cm³/mol. The van der Waals surface area contributed by atoms with Crippen molar-refractivity contribution in [2.75, 3.05) is 11.5 Å². The van der Waals surface area contributed by atoms with Gasteiger partial charge in [-0.05, 0) is 31.4 Å². The van der Waals surface area contributed by atoms with E-state index in [0.29, 0.717) is 24.1 Å². The van der Waals surface area contributed by atoms with Gasteiger partial charge < -0.3 is 14.7 Å². The molecule has 132 valence electrons. The molecule has 1 aromatic rings. The van der Waals surface area contributed by atoms with E-state index in [-0.39, 0.29) is 37.6 Å². The van der Waals surface area contributed by atoms with Gasteiger partial charge in [-0.2, -0.15) is 0 Å². The third-order valence-corrected chi connectivity index (χ3v) is 5.93. The molecule has 0 bridgehead atoms. The van der Waals surface area contributed by atoms with Crippen molar-refractivity contribution in [3.05, 3.63) is 29.8 Å². The molecule has 3 aliphatic rings. The molecule has 3 atom stereocenters. The topological polar surface area (TPSA) is 83.9 Å². The Hall–Kier alpha value is -2.21. The molecule has 0 aromatic heterocycles. The number of esters is 1. The van der Waals surface area contributed by atoms with Crippen LogP contribution in [-0.4, -0.2) is 41.0 Å². The summed E-state index contributed by atoms with van der Waals surface area (Å²) in [6, 6.07) is 6.46. The van der Waals surface area contributed by atoms with E-state index in [4.69, 9.17) is 4.74 Å². The van der Waals surface area contributed by atoms with Crippen LogP contribution in [0.5, 0.6) is 0 Å². The molecule has 1 saturated heterocycles. The lowest BCUT2D eigenvalue weighted by atomic mass is 9.58. The Balaban J connectivity index is 1.94. The number of ketones is 1. The lowest BCUT2D eigenvalue weighted by molar-refractivity contribution is -0.155. The molecule has 1 aliphatic carbocycles. The van der Waals surface area contributed by atoms with E-state index in [2.05, 4.69) is 0 Å². The highest BCUT2D eigenvalue weighted by atomic mass is 16.5. The molecule has 1 N–H and O–H groups in total. The van der Waals surface area contributed by atoms with E-state index in [1.807, 2.05) is 0 Å².